The molecule has 8 heteroatoms. The first-order chi connectivity index (χ1) is 3.92. The van der Waals surface area contributed by atoms with Gasteiger partial charge < -0.3 is 4.55 Å². The molecule has 0 aliphatic carbocycles. The quantitative estimate of drug-likeness (QED) is 0.576. The Hall–Kier alpha value is 0.400. The van der Waals surface area contributed by atoms with Crippen LogP contribution in [-0.4, -0.2) is 23.5 Å². The average Bonchev–Trinajstić information content (AvgIpc) is 1.59. The van der Waals surface area contributed by atoms with Crippen LogP contribution in [0.25, 0.3) is 0 Å². The largest absolute Gasteiger partial charge is 0.304 e. The predicted octanol–water partition coefficient (Wildman–Crippen LogP) is -0.683. The minimum Gasteiger partial charge on any atom is -0.304 e. The van der Waals surface area contributed by atoms with Crippen LogP contribution in [-0.2, 0) is 35.5 Å². The van der Waals surface area contributed by atoms with Crippen molar-refractivity contribution in [2.75, 3.05) is 5.94 Å². The van der Waals surface area contributed by atoms with Crippen molar-refractivity contribution in [1.82, 2.24) is 0 Å². The molecule has 2 N–H and O–H groups in total. The van der Waals surface area contributed by atoms with Gasteiger partial charge in [0.2, 0.25) is 0 Å². The zero-order chi connectivity index (χ0) is 7.49. The maximum absolute atomic E-state index is 9.99. The molecule has 0 aromatic carbocycles. The summed E-state index contributed by atoms with van der Waals surface area (Å²) in [7, 11) is -3.74. The zero-order valence-electron chi connectivity index (χ0n) is 4.05. The molecule has 2 unspecified atom stereocenters. The van der Waals surface area contributed by atoms with E-state index in [1.807, 2.05) is 0 Å². The van der Waals surface area contributed by atoms with Crippen LogP contribution in [0.3, 0.4) is 0 Å². The van der Waals surface area contributed by atoms with E-state index in [0.717, 1.165) is 0 Å². The Morgan fingerprint density at radius 1 is 1.78 bits per heavy atom. The highest BCUT2D eigenvalue weighted by Crippen LogP contribution is 1.87. The first kappa shape index (κ1) is 9.40. The van der Waals surface area contributed by atoms with Gasteiger partial charge in [-0.05, 0) is 0 Å². The molecule has 0 bridgehead atoms. The van der Waals surface area contributed by atoms with Crippen molar-refractivity contribution in [3.63, 3.8) is 0 Å². The number of rotatable bonds is 3. The summed E-state index contributed by atoms with van der Waals surface area (Å²) in [4.78, 5) is 0. The fourth-order valence-electron chi connectivity index (χ4n) is 0.102. The van der Waals surface area contributed by atoms with Crippen molar-refractivity contribution in [3.8, 4) is 0 Å². The van der Waals surface area contributed by atoms with Gasteiger partial charge in [-0.2, -0.15) is 4.21 Å². The van der Waals surface area contributed by atoms with E-state index in [2.05, 4.69) is 15.4 Å². The highest BCUT2D eigenvalue weighted by Gasteiger charge is 2.01. The molecular weight excluding hydrogens is 188 g/mol. The van der Waals surface area contributed by atoms with Crippen molar-refractivity contribution >= 4 is 31.3 Å². The summed E-state index contributed by atoms with van der Waals surface area (Å²) in [5.74, 6) is -0.737. The highest BCUT2D eigenvalue weighted by atomic mass is 32.9. The summed E-state index contributed by atoms with van der Waals surface area (Å²) >= 11 is 1.58. The van der Waals surface area contributed by atoms with E-state index in [4.69, 9.17) is 9.11 Å². The molecule has 0 heterocycles. The van der Waals surface area contributed by atoms with E-state index >= 15 is 0 Å². The monoisotopic (exact) mass is 192 g/mol. The third-order valence-corrected chi connectivity index (χ3v) is 1.47. The summed E-state index contributed by atoms with van der Waals surface area (Å²) < 4.78 is 39.7. The molecule has 0 radical (unpaired) electrons. The Balaban J connectivity index is 3.67. The van der Waals surface area contributed by atoms with Gasteiger partial charge in [0, 0.05) is 11.2 Å². The van der Waals surface area contributed by atoms with Crippen LogP contribution in [0.15, 0.2) is 0 Å². The average molecular weight is 192 g/mol. The standard InChI is InChI=1S/CH4O5S3/c2-8(3)1-6-9(4,5)7/h1H2,(H,2,3)(H,4,5,7). The molecule has 0 spiro atoms. The summed E-state index contributed by atoms with van der Waals surface area (Å²) in [5.41, 5.74) is 0. The van der Waals surface area contributed by atoms with Crippen LogP contribution < -0.4 is 0 Å². The normalized spacial score (nSPS) is 20.7. The molecule has 0 aliphatic rings. The molecule has 56 valence electrons. The molecule has 0 fully saturated rings. The fraction of sp³-hybridized carbons (Fsp3) is 1.00. The van der Waals surface area contributed by atoms with Gasteiger partial charge in [0.05, 0.1) is 0 Å². The molecule has 0 saturated heterocycles. The van der Waals surface area contributed by atoms with Gasteiger partial charge in [-0.1, -0.05) is 0 Å². The van der Waals surface area contributed by atoms with Crippen LogP contribution in [0, 0.1) is 0 Å². The van der Waals surface area contributed by atoms with Crippen molar-refractivity contribution in [2.24, 2.45) is 0 Å². The summed E-state index contributed by atoms with van der Waals surface area (Å²) in [6.07, 6.45) is 0. The van der Waals surface area contributed by atoms with Crippen LogP contribution in [0.1, 0.15) is 0 Å². The lowest BCUT2D eigenvalue weighted by Gasteiger charge is -1.95. The Morgan fingerprint density at radius 2 is 2.22 bits per heavy atom. The minimum absolute atomic E-state index is 0.737. The Kier molecular flexibility index (Phi) is 3.70. The molecule has 0 aromatic rings. The second-order valence-electron chi connectivity index (χ2n) is 0.985. The highest BCUT2D eigenvalue weighted by molar-refractivity contribution is 8.27. The van der Waals surface area contributed by atoms with E-state index in [-0.39, 0.29) is 0 Å². The van der Waals surface area contributed by atoms with Crippen LogP contribution >= 0.6 is 0 Å². The Labute approximate surface area is 59.4 Å². The van der Waals surface area contributed by atoms with Crippen molar-refractivity contribution in [3.05, 3.63) is 0 Å². The van der Waals surface area contributed by atoms with Crippen molar-refractivity contribution < 1.29 is 21.7 Å². The van der Waals surface area contributed by atoms with E-state index in [1.54, 1.807) is 0 Å². The van der Waals surface area contributed by atoms with Crippen molar-refractivity contribution in [1.29, 1.82) is 0 Å². The minimum atomic E-state index is -3.74. The maximum Gasteiger partial charge on any atom is 0.267 e. The van der Waals surface area contributed by atoms with E-state index < -0.39 is 26.1 Å². The van der Waals surface area contributed by atoms with E-state index in [1.165, 1.54) is 0 Å². The molecule has 0 amide bonds. The van der Waals surface area contributed by atoms with Gasteiger partial charge in [0.1, 0.15) is 0 Å². The lowest BCUT2D eigenvalue weighted by Crippen LogP contribution is -2.06. The third kappa shape index (κ3) is 8.40. The Bertz CT molecular complexity index is 190. The Morgan fingerprint density at radius 3 is 2.33 bits per heavy atom. The fourth-order valence-corrected chi connectivity index (χ4v) is 1.27. The SMILES string of the molecule is O=S(O)COS(=O)(O)=S. The lowest BCUT2D eigenvalue weighted by molar-refractivity contribution is 0.347. The lowest BCUT2D eigenvalue weighted by atomic mass is 11.7. The number of hydrogen-bond acceptors (Lipinski definition) is 4. The van der Waals surface area contributed by atoms with Gasteiger partial charge in [-0.25, -0.2) is 4.21 Å². The van der Waals surface area contributed by atoms with Crippen LogP contribution in [0.5, 0.6) is 0 Å². The molecule has 0 saturated carbocycles. The smallest absolute Gasteiger partial charge is 0.267 e. The molecule has 0 aromatic heterocycles. The summed E-state index contributed by atoms with van der Waals surface area (Å²) in [5, 5.41) is 0. The van der Waals surface area contributed by atoms with Crippen LogP contribution in [0.2, 0.25) is 0 Å². The molecule has 0 rings (SSSR count). The first-order valence-electron chi connectivity index (χ1n) is 1.61. The summed E-state index contributed by atoms with van der Waals surface area (Å²) in [6.45, 7) is 0. The molecule has 9 heavy (non-hydrogen) atoms. The molecular formula is CH4O5S3. The molecule has 0 aliphatic heterocycles. The van der Waals surface area contributed by atoms with Gasteiger partial charge in [-0.3, -0.25) is 8.74 Å². The second-order valence-corrected chi connectivity index (χ2v) is 4.22. The number of hydrogen-bond donors (Lipinski definition) is 2. The first-order valence-corrected chi connectivity index (χ1v) is 5.25. The van der Waals surface area contributed by atoms with Gasteiger partial charge in [0.15, 0.2) is 17.0 Å². The second kappa shape index (κ2) is 3.54. The van der Waals surface area contributed by atoms with Crippen molar-refractivity contribution in [2.45, 2.75) is 0 Å². The topological polar surface area (TPSA) is 83.8 Å². The van der Waals surface area contributed by atoms with Gasteiger partial charge in [-0.15, -0.1) is 0 Å². The molecule has 5 nitrogen and oxygen atoms in total. The van der Waals surface area contributed by atoms with E-state index in [0.29, 0.717) is 0 Å². The zero-order valence-corrected chi connectivity index (χ0v) is 6.50. The predicted molar refractivity (Wildman–Crippen MR) is 34.9 cm³/mol. The third-order valence-electron chi connectivity index (χ3n) is 0.298. The van der Waals surface area contributed by atoms with E-state index in [9.17, 15) is 8.42 Å². The molecule has 2 atom stereocenters. The van der Waals surface area contributed by atoms with Gasteiger partial charge >= 0.3 is 0 Å². The summed E-state index contributed by atoms with van der Waals surface area (Å²) in [6, 6.07) is 0. The maximum atomic E-state index is 9.99. The van der Waals surface area contributed by atoms with Gasteiger partial charge in [0.25, 0.3) is 9.05 Å². The van der Waals surface area contributed by atoms with Crippen LogP contribution in [0.4, 0.5) is 0 Å².